The zero-order chi connectivity index (χ0) is 9.47. The molecule has 1 aromatic rings. The van der Waals surface area contributed by atoms with E-state index in [9.17, 15) is 0 Å². The van der Waals surface area contributed by atoms with Gasteiger partial charge >= 0.3 is 0 Å². The van der Waals surface area contributed by atoms with Crippen LogP contribution in [0.4, 0.5) is 0 Å². The average molecular weight is 280 g/mol. The Morgan fingerprint density at radius 2 is 2.38 bits per heavy atom. The number of hydrogen-bond acceptors (Lipinski definition) is 1. The van der Waals surface area contributed by atoms with Crippen LogP contribution < -0.4 is 0 Å². The van der Waals surface area contributed by atoms with Crippen LogP contribution in [-0.4, -0.2) is 5.38 Å². The van der Waals surface area contributed by atoms with Crippen LogP contribution in [0.5, 0.6) is 0 Å². The zero-order valence-electron chi connectivity index (χ0n) is 7.52. The van der Waals surface area contributed by atoms with Gasteiger partial charge in [-0.2, -0.15) is 11.3 Å². The van der Waals surface area contributed by atoms with Gasteiger partial charge in [0.15, 0.2) is 0 Å². The van der Waals surface area contributed by atoms with Crippen molar-refractivity contribution in [1.29, 1.82) is 0 Å². The highest BCUT2D eigenvalue weighted by molar-refractivity contribution is 9.10. The Morgan fingerprint density at radius 3 is 2.85 bits per heavy atom. The van der Waals surface area contributed by atoms with Crippen molar-refractivity contribution in [1.82, 2.24) is 0 Å². The molecule has 13 heavy (non-hydrogen) atoms. The van der Waals surface area contributed by atoms with Crippen LogP contribution in [0.2, 0.25) is 0 Å². The molecule has 2 atom stereocenters. The van der Waals surface area contributed by atoms with Gasteiger partial charge in [-0.25, -0.2) is 0 Å². The van der Waals surface area contributed by atoms with Crippen LogP contribution in [0.25, 0.3) is 0 Å². The number of alkyl halides is 1. The van der Waals surface area contributed by atoms with E-state index in [2.05, 4.69) is 33.6 Å². The molecule has 0 bridgehead atoms. The fraction of sp³-hybridized carbons (Fsp3) is 0.600. The predicted octanol–water partition coefficient (Wildman–Crippen LogP) is 4.56. The van der Waals surface area contributed by atoms with E-state index in [1.54, 1.807) is 11.3 Å². The van der Waals surface area contributed by atoms with Gasteiger partial charge in [-0.3, -0.25) is 0 Å². The second-order valence-corrected chi connectivity index (χ2v) is 6.25. The summed E-state index contributed by atoms with van der Waals surface area (Å²) < 4.78 is 1.26. The summed E-state index contributed by atoms with van der Waals surface area (Å²) in [5.74, 6) is 0. The van der Waals surface area contributed by atoms with Gasteiger partial charge in [0, 0.05) is 15.2 Å². The summed E-state index contributed by atoms with van der Waals surface area (Å²) in [6, 6.07) is 0. The van der Waals surface area contributed by atoms with Gasteiger partial charge in [0.2, 0.25) is 0 Å². The van der Waals surface area contributed by atoms with Gasteiger partial charge in [0.1, 0.15) is 0 Å². The van der Waals surface area contributed by atoms with Crippen LogP contribution in [0.1, 0.15) is 31.7 Å². The van der Waals surface area contributed by atoms with Crippen LogP contribution in [0, 0.1) is 0 Å². The van der Waals surface area contributed by atoms with Gasteiger partial charge in [0.25, 0.3) is 0 Å². The minimum Gasteiger partial charge on any atom is -0.151 e. The molecule has 0 aliphatic heterocycles. The largest absolute Gasteiger partial charge is 0.151 e. The molecule has 0 nitrogen and oxygen atoms in total. The third-order valence-corrected chi connectivity index (χ3v) is 5.02. The number of halogens is 2. The maximum Gasteiger partial charge on any atom is 0.0344 e. The normalized spacial score (nSPS) is 33.9. The first-order chi connectivity index (χ1) is 6.12. The van der Waals surface area contributed by atoms with Crippen molar-refractivity contribution in [2.24, 2.45) is 0 Å². The second-order valence-electron chi connectivity index (χ2n) is 4.03. The molecule has 0 radical (unpaired) electrons. The number of rotatable bonds is 1. The Kier molecular flexibility index (Phi) is 2.74. The topological polar surface area (TPSA) is 0 Å². The van der Waals surface area contributed by atoms with Crippen molar-refractivity contribution < 1.29 is 0 Å². The molecule has 1 saturated carbocycles. The minimum absolute atomic E-state index is 0.311. The summed E-state index contributed by atoms with van der Waals surface area (Å²) in [5, 5.41) is 4.78. The van der Waals surface area contributed by atoms with E-state index in [1.807, 2.05) is 0 Å². The quantitative estimate of drug-likeness (QED) is 0.661. The number of thiophene rings is 1. The molecular weight excluding hydrogens is 268 g/mol. The highest BCUT2D eigenvalue weighted by Crippen LogP contribution is 2.46. The lowest BCUT2D eigenvalue weighted by molar-refractivity contribution is 0.492. The fourth-order valence-electron chi connectivity index (χ4n) is 2.12. The maximum absolute atomic E-state index is 6.15. The molecule has 1 aliphatic carbocycles. The van der Waals surface area contributed by atoms with Crippen molar-refractivity contribution >= 4 is 38.9 Å². The van der Waals surface area contributed by atoms with E-state index < -0.39 is 0 Å². The first-order valence-electron chi connectivity index (χ1n) is 4.48. The SMILES string of the molecule is CC1(c2cscc2Br)CCC(Cl)C1. The minimum atomic E-state index is 0.311. The predicted molar refractivity (Wildman–Crippen MR) is 62.9 cm³/mol. The average Bonchev–Trinajstić information content (AvgIpc) is 2.59. The Balaban J connectivity index is 2.30. The summed E-state index contributed by atoms with van der Waals surface area (Å²) in [6.45, 7) is 2.32. The Hall–Kier alpha value is 0.470. The van der Waals surface area contributed by atoms with Crippen molar-refractivity contribution in [2.45, 2.75) is 37.0 Å². The molecular formula is C10H12BrClS. The Bertz CT molecular complexity index is 310. The van der Waals surface area contributed by atoms with E-state index in [4.69, 9.17) is 11.6 Å². The molecule has 1 heterocycles. The van der Waals surface area contributed by atoms with Gasteiger partial charge < -0.3 is 0 Å². The summed E-state index contributed by atoms with van der Waals surface area (Å²) >= 11 is 11.5. The standard InChI is InChI=1S/C10H12BrClS/c1-10(3-2-7(12)4-10)8-5-13-6-9(8)11/h5-7H,2-4H2,1H3. The number of hydrogen-bond donors (Lipinski definition) is 0. The lowest BCUT2D eigenvalue weighted by Crippen LogP contribution is -2.17. The van der Waals surface area contributed by atoms with Crippen molar-refractivity contribution in [3.05, 3.63) is 20.8 Å². The Labute approximate surface area is 96.4 Å². The first kappa shape index (κ1) is 10.0. The van der Waals surface area contributed by atoms with Gasteiger partial charge in [-0.05, 0) is 51.6 Å². The van der Waals surface area contributed by atoms with Crippen LogP contribution in [0.15, 0.2) is 15.2 Å². The molecule has 0 amide bonds. The van der Waals surface area contributed by atoms with Crippen molar-refractivity contribution in [2.75, 3.05) is 0 Å². The van der Waals surface area contributed by atoms with Crippen molar-refractivity contribution in [3.63, 3.8) is 0 Å². The monoisotopic (exact) mass is 278 g/mol. The molecule has 1 aliphatic rings. The molecule has 1 fully saturated rings. The third-order valence-electron chi connectivity index (χ3n) is 2.95. The maximum atomic E-state index is 6.15. The summed E-state index contributed by atoms with van der Waals surface area (Å²) in [7, 11) is 0. The fourth-order valence-corrected chi connectivity index (χ4v) is 4.50. The van der Waals surface area contributed by atoms with E-state index >= 15 is 0 Å². The van der Waals surface area contributed by atoms with Gasteiger partial charge in [-0.1, -0.05) is 6.92 Å². The van der Waals surface area contributed by atoms with Crippen LogP contribution in [-0.2, 0) is 5.41 Å². The van der Waals surface area contributed by atoms with Crippen LogP contribution in [0.3, 0.4) is 0 Å². The van der Waals surface area contributed by atoms with E-state index in [1.165, 1.54) is 16.5 Å². The lowest BCUT2D eigenvalue weighted by atomic mass is 9.83. The molecule has 2 unspecified atom stereocenters. The van der Waals surface area contributed by atoms with E-state index in [0.29, 0.717) is 10.8 Å². The molecule has 0 aromatic carbocycles. The molecule has 0 saturated heterocycles. The molecule has 0 spiro atoms. The van der Waals surface area contributed by atoms with E-state index in [0.717, 1.165) is 12.8 Å². The smallest absolute Gasteiger partial charge is 0.0344 e. The molecule has 2 rings (SSSR count). The molecule has 72 valence electrons. The highest BCUT2D eigenvalue weighted by Gasteiger charge is 2.37. The van der Waals surface area contributed by atoms with Gasteiger partial charge in [0.05, 0.1) is 0 Å². The molecule has 1 aromatic heterocycles. The molecule has 0 N–H and O–H groups in total. The second kappa shape index (κ2) is 3.56. The van der Waals surface area contributed by atoms with E-state index in [-0.39, 0.29) is 0 Å². The van der Waals surface area contributed by atoms with Gasteiger partial charge in [-0.15, -0.1) is 11.6 Å². The summed E-state index contributed by atoms with van der Waals surface area (Å²) in [4.78, 5) is 0. The molecule has 3 heteroatoms. The Morgan fingerprint density at radius 1 is 1.62 bits per heavy atom. The summed E-state index contributed by atoms with van der Waals surface area (Å²) in [5.41, 5.74) is 1.76. The highest BCUT2D eigenvalue weighted by atomic mass is 79.9. The van der Waals surface area contributed by atoms with Crippen LogP contribution >= 0.6 is 38.9 Å². The zero-order valence-corrected chi connectivity index (χ0v) is 10.7. The first-order valence-corrected chi connectivity index (χ1v) is 6.65. The third kappa shape index (κ3) is 1.81. The summed E-state index contributed by atoms with van der Waals surface area (Å²) in [6.07, 6.45) is 3.49. The lowest BCUT2D eigenvalue weighted by Gasteiger charge is -2.23. The van der Waals surface area contributed by atoms with Crippen molar-refractivity contribution in [3.8, 4) is 0 Å².